The van der Waals surface area contributed by atoms with Gasteiger partial charge in [-0.2, -0.15) is 0 Å². The Hall–Kier alpha value is -1.29. The average Bonchev–Trinajstić information content (AvgIpc) is 2.39. The van der Waals surface area contributed by atoms with E-state index in [1.165, 1.54) is 0 Å². The summed E-state index contributed by atoms with van der Waals surface area (Å²) in [5.74, 6) is 1.65. The van der Waals surface area contributed by atoms with Gasteiger partial charge in [-0.3, -0.25) is 0 Å². The summed E-state index contributed by atoms with van der Waals surface area (Å²) in [5.41, 5.74) is 0. The van der Waals surface area contributed by atoms with Gasteiger partial charge in [-0.15, -0.1) is 0 Å². The van der Waals surface area contributed by atoms with E-state index in [-0.39, 0.29) is 6.61 Å². The van der Waals surface area contributed by atoms with Crippen molar-refractivity contribution in [2.24, 2.45) is 0 Å². The van der Waals surface area contributed by atoms with E-state index in [1.54, 1.807) is 13.3 Å². The van der Waals surface area contributed by atoms with Crippen LogP contribution >= 0.6 is 0 Å². The van der Waals surface area contributed by atoms with E-state index in [0.717, 1.165) is 24.4 Å². The summed E-state index contributed by atoms with van der Waals surface area (Å²) in [5, 5.41) is 9.14. The fourth-order valence-corrected chi connectivity index (χ4v) is 1.98. The molecule has 0 spiro atoms. The van der Waals surface area contributed by atoms with Gasteiger partial charge in [-0.05, 0) is 25.0 Å². The number of aliphatic hydroxyl groups excluding tert-OH is 1. The van der Waals surface area contributed by atoms with Crippen LogP contribution < -0.4 is 9.64 Å². The summed E-state index contributed by atoms with van der Waals surface area (Å²) < 4.78 is 5.09. The highest BCUT2D eigenvalue weighted by molar-refractivity contribution is 5.42. The lowest BCUT2D eigenvalue weighted by Gasteiger charge is -2.31. The molecule has 0 saturated carbocycles. The molecular weight excluding hydrogens is 216 g/mol. The van der Waals surface area contributed by atoms with Crippen molar-refractivity contribution >= 4 is 5.82 Å². The summed E-state index contributed by atoms with van der Waals surface area (Å²) in [6.07, 6.45) is 3.80. The van der Waals surface area contributed by atoms with Crippen molar-refractivity contribution < 1.29 is 9.84 Å². The van der Waals surface area contributed by atoms with Crippen LogP contribution in [0.2, 0.25) is 0 Å². The van der Waals surface area contributed by atoms with Crippen LogP contribution in [0.25, 0.3) is 0 Å². The van der Waals surface area contributed by atoms with E-state index in [2.05, 4.69) is 23.7 Å². The zero-order valence-electron chi connectivity index (χ0n) is 10.9. The number of aromatic nitrogens is 1. The molecule has 96 valence electrons. The van der Waals surface area contributed by atoms with Crippen molar-refractivity contribution in [2.75, 3.05) is 25.2 Å². The molecule has 0 aliphatic rings. The van der Waals surface area contributed by atoms with Crippen molar-refractivity contribution in [3.63, 3.8) is 0 Å². The van der Waals surface area contributed by atoms with Gasteiger partial charge in [0.25, 0.3) is 0 Å². The van der Waals surface area contributed by atoms with Gasteiger partial charge < -0.3 is 14.7 Å². The maximum absolute atomic E-state index is 9.14. The quantitative estimate of drug-likeness (QED) is 0.790. The topological polar surface area (TPSA) is 45.6 Å². The number of rotatable bonds is 7. The molecular formula is C13H22N2O2. The molecule has 0 atom stereocenters. The molecule has 1 N–H and O–H groups in total. The van der Waals surface area contributed by atoms with Crippen LogP contribution in [0.4, 0.5) is 5.82 Å². The van der Waals surface area contributed by atoms with Crippen molar-refractivity contribution in [3.05, 3.63) is 18.3 Å². The zero-order chi connectivity index (χ0) is 12.7. The molecule has 1 aromatic rings. The molecule has 4 heteroatoms. The van der Waals surface area contributed by atoms with Gasteiger partial charge in [0, 0.05) is 12.6 Å². The molecule has 0 radical (unpaired) electrons. The molecule has 0 fully saturated rings. The number of hydrogen-bond donors (Lipinski definition) is 1. The molecule has 0 aliphatic carbocycles. The predicted octanol–water partition coefficient (Wildman–Crippen LogP) is 2.08. The largest absolute Gasteiger partial charge is 0.495 e. The number of ether oxygens (including phenoxy) is 1. The van der Waals surface area contributed by atoms with Crippen LogP contribution in [0.1, 0.15) is 26.7 Å². The molecule has 4 nitrogen and oxygen atoms in total. The average molecular weight is 238 g/mol. The van der Waals surface area contributed by atoms with E-state index in [0.29, 0.717) is 12.6 Å². The third kappa shape index (κ3) is 3.60. The summed E-state index contributed by atoms with van der Waals surface area (Å²) in [7, 11) is 1.63. The number of aliphatic hydroxyl groups is 1. The smallest absolute Gasteiger partial charge is 0.137 e. The normalized spacial score (nSPS) is 10.6. The Morgan fingerprint density at radius 1 is 1.35 bits per heavy atom. The fourth-order valence-electron chi connectivity index (χ4n) is 1.98. The second kappa shape index (κ2) is 7.12. The summed E-state index contributed by atoms with van der Waals surface area (Å²) in [6, 6.07) is 4.25. The number of methoxy groups -OCH3 is 1. The van der Waals surface area contributed by atoms with Crippen molar-refractivity contribution in [3.8, 4) is 5.75 Å². The Balaban J connectivity index is 2.87. The number of anilines is 1. The highest BCUT2D eigenvalue weighted by atomic mass is 16.5. The SMILES string of the molecule is CCC(CC)N(CCO)c1ccc(OC)cn1. The lowest BCUT2D eigenvalue weighted by Crippen LogP contribution is -2.37. The summed E-state index contributed by atoms with van der Waals surface area (Å²) in [6.45, 7) is 5.07. The number of hydrogen-bond acceptors (Lipinski definition) is 4. The first-order valence-corrected chi connectivity index (χ1v) is 6.14. The van der Waals surface area contributed by atoms with Gasteiger partial charge >= 0.3 is 0 Å². The van der Waals surface area contributed by atoms with Crippen LogP contribution in [0.5, 0.6) is 5.75 Å². The van der Waals surface area contributed by atoms with Crippen LogP contribution in [-0.2, 0) is 0 Å². The zero-order valence-corrected chi connectivity index (χ0v) is 10.9. The molecule has 0 amide bonds. The summed E-state index contributed by atoms with van der Waals surface area (Å²) in [4.78, 5) is 6.53. The fraction of sp³-hybridized carbons (Fsp3) is 0.615. The van der Waals surface area contributed by atoms with Gasteiger partial charge in [0.1, 0.15) is 11.6 Å². The van der Waals surface area contributed by atoms with Crippen molar-refractivity contribution in [2.45, 2.75) is 32.7 Å². The molecule has 0 aliphatic heterocycles. The molecule has 1 aromatic heterocycles. The molecule has 17 heavy (non-hydrogen) atoms. The second-order valence-electron chi connectivity index (χ2n) is 3.94. The van der Waals surface area contributed by atoms with Crippen LogP contribution in [0, 0.1) is 0 Å². The van der Waals surface area contributed by atoms with Crippen LogP contribution in [0.3, 0.4) is 0 Å². The first kappa shape index (κ1) is 13.8. The van der Waals surface area contributed by atoms with Gasteiger partial charge in [0.2, 0.25) is 0 Å². The lowest BCUT2D eigenvalue weighted by atomic mass is 10.1. The Kier molecular flexibility index (Phi) is 5.77. The summed E-state index contributed by atoms with van der Waals surface area (Å²) >= 11 is 0. The predicted molar refractivity (Wildman–Crippen MR) is 69.6 cm³/mol. The van der Waals surface area contributed by atoms with Crippen LogP contribution in [0.15, 0.2) is 18.3 Å². The molecule has 1 rings (SSSR count). The molecule has 0 bridgehead atoms. The van der Waals surface area contributed by atoms with E-state index < -0.39 is 0 Å². The molecule has 0 aromatic carbocycles. The maximum atomic E-state index is 9.14. The minimum Gasteiger partial charge on any atom is -0.495 e. The minimum atomic E-state index is 0.143. The highest BCUT2D eigenvalue weighted by Gasteiger charge is 2.16. The Morgan fingerprint density at radius 3 is 2.47 bits per heavy atom. The number of pyridine rings is 1. The standard InChI is InChI=1S/C13H22N2O2/c1-4-11(5-2)15(8-9-16)13-7-6-12(17-3)10-14-13/h6-7,10-11,16H,4-5,8-9H2,1-3H3. The minimum absolute atomic E-state index is 0.143. The van der Waals surface area contributed by atoms with Gasteiger partial charge in [-0.1, -0.05) is 13.8 Å². The molecule has 1 heterocycles. The highest BCUT2D eigenvalue weighted by Crippen LogP contribution is 2.20. The Labute approximate surface area is 103 Å². The van der Waals surface area contributed by atoms with E-state index >= 15 is 0 Å². The van der Waals surface area contributed by atoms with Crippen molar-refractivity contribution in [1.82, 2.24) is 4.98 Å². The van der Waals surface area contributed by atoms with Gasteiger partial charge in [0.15, 0.2) is 0 Å². The van der Waals surface area contributed by atoms with Crippen LogP contribution in [-0.4, -0.2) is 36.4 Å². The maximum Gasteiger partial charge on any atom is 0.137 e. The Bertz CT molecular complexity index is 310. The molecule has 0 saturated heterocycles. The first-order chi connectivity index (χ1) is 8.26. The second-order valence-corrected chi connectivity index (χ2v) is 3.94. The third-order valence-corrected chi connectivity index (χ3v) is 2.97. The third-order valence-electron chi connectivity index (χ3n) is 2.97. The van der Waals surface area contributed by atoms with Gasteiger partial charge in [-0.25, -0.2) is 4.98 Å². The Morgan fingerprint density at radius 2 is 2.06 bits per heavy atom. The van der Waals surface area contributed by atoms with E-state index in [9.17, 15) is 0 Å². The monoisotopic (exact) mass is 238 g/mol. The number of nitrogens with zero attached hydrogens (tertiary/aromatic N) is 2. The molecule has 0 unspecified atom stereocenters. The van der Waals surface area contributed by atoms with Gasteiger partial charge in [0.05, 0.1) is 19.9 Å². The van der Waals surface area contributed by atoms with Crippen molar-refractivity contribution in [1.29, 1.82) is 0 Å². The van der Waals surface area contributed by atoms with E-state index in [1.807, 2.05) is 12.1 Å². The van der Waals surface area contributed by atoms with E-state index in [4.69, 9.17) is 9.84 Å². The lowest BCUT2D eigenvalue weighted by molar-refractivity contribution is 0.295. The first-order valence-electron chi connectivity index (χ1n) is 6.14.